The van der Waals surface area contributed by atoms with Crippen LogP contribution in [0, 0.1) is 17.8 Å². The number of allylic oxidation sites excluding steroid dienone is 2. The number of rotatable bonds is 5. The van der Waals surface area contributed by atoms with Crippen LogP contribution in [0.2, 0.25) is 0 Å². The zero-order valence-electron chi connectivity index (χ0n) is 15.7. The molecule has 0 aromatic heterocycles. The van der Waals surface area contributed by atoms with Gasteiger partial charge in [0.15, 0.2) is 0 Å². The summed E-state index contributed by atoms with van der Waals surface area (Å²) >= 11 is 0. The van der Waals surface area contributed by atoms with Crippen molar-refractivity contribution in [3.05, 3.63) is 35.9 Å². The van der Waals surface area contributed by atoms with Gasteiger partial charge in [0.1, 0.15) is 11.5 Å². The number of methoxy groups -OCH3 is 2. The molecule has 2 aliphatic carbocycles. The highest BCUT2D eigenvalue weighted by atomic mass is 16.5. The molecule has 2 fully saturated rings. The molecule has 0 radical (unpaired) electrons. The zero-order valence-corrected chi connectivity index (χ0v) is 15.7. The van der Waals surface area contributed by atoms with E-state index in [1.807, 2.05) is 4.90 Å². The van der Waals surface area contributed by atoms with Gasteiger partial charge in [-0.15, -0.1) is 0 Å². The highest BCUT2D eigenvalue weighted by Crippen LogP contribution is 2.42. The van der Waals surface area contributed by atoms with Crippen LogP contribution in [-0.4, -0.2) is 57.8 Å². The van der Waals surface area contributed by atoms with Gasteiger partial charge >= 0.3 is 0 Å². The Kier molecular flexibility index (Phi) is 4.90. The van der Waals surface area contributed by atoms with E-state index in [1.54, 1.807) is 37.3 Å². The lowest BCUT2D eigenvalue weighted by molar-refractivity contribution is -0.907. The number of hydrogen-bond acceptors (Lipinski definition) is 3. The molecule has 5 heteroatoms. The minimum atomic E-state index is 0.0732. The van der Waals surface area contributed by atoms with Crippen molar-refractivity contribution in [1.82, 2.24) is 4.90 Å². The number of carbonyl (C=O) groups is 1. The number of quaternary nitrogens is 1. The van der Waals surface area contributed by atoms with E-state index in [-0.39, 0.29) is 5.91 Å². The Hall–Kier alpha value is -2.01. The molecule has 26 heavy (non-hydrogen) atoms. The summed E-state index contributed by atoms with van der Waals surface area (Å²) in [5.74, 6) is 3.89. The van der Waals surface area contributed by atoms with Crippen molar-refractivity contribution in [2.75, 3.05) is 46.9 Å². The lowest BCUT2D eigenvalue weighted by atomic mass is 9.93. The minimum absolute atomic E-state index is 0.0732. The molecule has 0 spiro atoms. The number of hydrogen-bond donors (Lipinski definition) is 1. The van der Waals surface area contributed by atoms with Gasteiger partial charge in [0.05, 0.1) is 46.9 Å². The Labute approximate surface area is 155 Å². The number of carbonyl (C=O) groups excluding carboxylic acids is 1. The lowest BCUT2D eigenvalue weighted by Gasteiger charge is -2.34. The summed E-state index contributed by atoms with van der Waals surface area (Å²) in [5.41, 5.74) is 0.642. The average Bonchev–Trinajstić information content (AvgIpc) is 3.30. The van der Waals surface area contributed by atoms with Crippen LogP contribution in [0.25, 0.3) is 0 Å². The van der Waals surface area contributed by atoms with Crippen molar-refractivity contribution in [3.8, 4) is 11.5 Å². The van der Waals surface area contributed by atoms with Crippen LogP contribution >= 0.6 is 0 Å². The maximum absolute atomic E-state index is 12.9. The summed E-state index contributed by atoms with van der Waals surface area (Å²) in [6.45, 7) is 5.00. The van der Waals surface area contributed by atoms with Crippen molar-refractivity contribution < 1.29 is 19.2 Å². The molecule has 1 aromatic carbocycles. The Morgan fingerprint density at radius 3 is 2.31 bits per heavy atom. The molecule has 140 valence electrons. The molecule has 3 aliphatic rings. The maximum atomic E-state index is 12.9. The van der Waals surface area contributed by atoms with Gasteiger partial charge in [0.2, 0.25) is 0 Å². The van der Waals surface area contributed by atoms with E-state index in [1.165, 1.54) is 19.4 Å². The first-order chi connectivity index (χ1) is 12.7. The molecular weight excluding hydrogens is 328 g/mol. The second-order valence-electron chi connectivity index (χ2n) is 7.89. The van der Waals surface area contributed by atoms with E-state index >= 15 is 0 Å². The van der Waals surface area contributed by atoms with Crippen LogP contribution in [-0.2, 0) is 0 Å². The van der Waals surface area contributed by atoms with E-state index in [2.05, 4.69) is 12.2 Å². The summed E-state index contributed by atoms with van der Waals surface area (Å²) in [7, 11) is 3.21. The van der Waals surface area contributed by atoms with Crippen molar-refractivity contribution in [2.45, 2.75) is 12.8 Å². The molecule has 1 N–H and O–H groups in total. The molecule has 1 aromatic rings. The summed E-state index contributed by atoms with van der Waals surface area (Å²) in [5, 5.41) is 0. The third kappa shape index (κ3) is 3.45. The number of nitrogens with zero attached hydrogens (tertiary/aromatic N) is 1. The van der Waals surface area contributed by atoms with Gasteiger partial charge in [-0.1, -0.05) is 12.2 Å². The van der Waals surface area contributed by atoms with Gasteiger partial charge in [-0.3, -0.25) is 4.79 Å². The summed E-state index contributed by atoms with van der Waals surface area (Å²) in [4.78, 5) is 16.5. The van der Waals surface area contributed by atoms with Crippen LogP contribution in [0.15, 0.2) is 30.4 Å². The quantitative estimate of drug-likeness (QED) is 0.807. The first-order valence-electron chi connectivity index (χ1n) is 9.70. The number of amides is 1. The molecule has 1 saturated carbocycles. The Bertz CT molecular complexity index is 672. The van der Waals surface area contributed by atoms with Gasteiger partial charge in [0, 0.05) is 17.5 Å². The van der Waals surface area contributed by atoms with Crippen molar-refractivity contribution in [1.29, 1.82) is 0 Å². The van der Waals surface area contributed by atoms with Gasteiger partial charge in [-0.05, 0) is 36.8 Å². The molecule has 3 atom stereocenters. The SMILES string of the molecule is COc1cc(OC)cc(C(=O)N2CC[NH+](C[C@H]3C[C@H]4C=C[C@H]3C4)CC2)c1. The first-order valence-corrected chi connectivity index (χ1v) is 9.70. The minimum Gasteiger partial charge on any atom is -0.497 e. The standard InChI is InChI=1S/C21H28N2O3/c1-25-19-11-17(12-20(13-19)26-2)21(24)23-7-5-22(6-8-23)14-18-10-15-3-4-16(18)9-15/h3-4,11-13,15-16,18H,5-10,14H2,1-2H3/p+1/t15-,16-,18+/m0/s1. The smallest absolute Gasteiger partial charge is 0.254 e. The predicted octanol–water partition coefficient (Wildman–Crippen LogP) is 1.26. The molecule has 5 nitrogen and oxygen atoms in total. The predicted molar refractivity (Wildman–Crippen MR) is 99.9 cm³/mol. The van der Waals surface area contributed by atoms with E-state index < -0.39 is 0 Å². The van der Waals surface area contributed by atoms with Gasteiger partial charge < -0.3 is 19.3 Å². The Balaban J connectivity index is 1.34. The first kappa shape index (κ1) is 17.4. The molecule has 1 saturated heterocycles. The fourth-order valence-corrected chi connectivity index (χ4v) is 4.84. The van der Waals surface area contributed by atoms with Crippen molar-refractivity contribution >= 4 is 5.91 Å². The van der Waals surface area contributed by atoms with E-state index in [0.717, 1.165) is 43.9 Å². The molecule has 4 rings (SSSR count). The van der Waals surface area contributed by atoms with Crippen LogP contribution in [0.4, 0.5) is 0 Å². The van der Waals surface area contributed by atoms with Crippen LogP contribution < -0.4 is 14.4 Å². The summed E-state index contributed by atoms with van der Waals surface area (Å²) in [6, 6.07) is 5.39. The van der Waals surface area contributed by atoms with Crippen molar-refractivity contribution in [3.63, 3.8) is 0 Å². The van der Waals surface area contributed by atoms with Crippen LogP contribution in [0.5, 0.6) is 11.5 Å². The molecule has 1 heterocycles. The fourth-order valence-electron chi connectivity index (χ4n) is 4.84. The van der Waals surface area contributed by atoms with Crippen LogP contribution in [0.1, 0.15) is 23.2 Å². The van der Waals surface area contributed by atoms with Crippen molar-refractivity contribution in [2.24, 2.45) is 17.8 Å². The second-order valence-corrected chi connectivity index (χ2v) is 7.89. The Morgan fingerprint density at radius 2 is 1.77 bits per heavy atom. The molecular formula is C21H29N2O3+. The third-order valence-electron chi connectivity index (χ3n) is 6.32. The monoisotopic (exact) mass is 357 g/mol. The average molecular weight is 357 g/mol. The topological polar surface area (TPSA) is 43.2 Å². The largest absolute Gasteiger partial charge is 0.497 e. The molecule has 0 unspecified atom stereocenters. The highest BCUT2D eigenvalue weighted by Gasteiger charge is 2.38. The molecule has 1 aliphatic heterocycles. The number of piperazine rings is 1. The lowest BCUT2D eigenvalue weighted by Crippen LogP contribution is -3.15. The number of nitrogens with one attached hydrogen (secondary N) is 1. The van der Waals surface area contributed by atoms with Gasteiger partial charge in [-0.2, -0.15) is 0 Å². The number of ether oxygens (including phenoxy) is 2. The maximum Gasteiger partial charge on any atom is 0.254 e. The fraction of sp³-hybridized carbons (Fsp3) is 0.571. The van der Waals surface area contributed by atoms with Gasteiger partial charge in [0.25, 0.3) is 5.91 Å². The van der Waals surface area contributed by atoms with Gasteiger partial charge in [-0.25, -0.2) is 0 Å². The zero-order chi connectivity index (χ0) is 18.1. The highest BCUT2D eigenvalue weighted by molar-refractivity contribution is 5.95. The third-order valence-corrected chi connectivity index (χ3v) is 6.32. The van der Waals surface area contributed by atoms with E-state index in [9.17, 15) is 4.79 Å². The van der Waals surface area contributed by atoms with Crippen LogP contribution in [0.3, 0.4) is 0 Å². The normalized spacial score (nSPS) is 27.8. The Morgan fingerprint density at radius 1 is 1.08 bits per heavy atom. The molecule has 1 amide bonds. The molecule has 2 bridgehead atoms. The summed E-state index contributed by atoms with van der Waals surface area (Å²) in [6.07, 6.45) is 7.60. The number of fused-ring (bicyclic) bond motifs is 2. The van der Waals surface area contributed by atoms with E-state index in [0.29, 0.717) is 17.1 Å². The summed E-state index contributed by atoms with van der Waals surface area (Å²) < 4.78 is 10.6. The van der Waals surface area contributed by atoms with E-state index in [4.69, 9.17) is 9.47 Å². The second kappa shape index (κ2) is 7.31. The number of benzene rings is 1.